The zero-order valence-corrected chi connectivity index (χ0v) is 9.89. The number of H-pyrrole nitrogens is 1. The van der Waals surface area contributed by atoms with Crippen molar-refractivity contribution in [2.75, 3.05) is 14.2 Å². The molecule has 0 atom stereocenters. The summed E-state index contributed by atoms with van der Waals surface area (Å²) >= 11 is 6.17. The summed E-state index contributed by atoms with van der Waals surface area (Å²) in [5.41, 5.74) is 7.53. The maximum atomic E-state index is 6.17. The van der Waals surface area contributed by atoms with E-state index in [1.54, 1.807) is 14.2 Å². The van der Waals surface area contributed by atoms with Crippen LogP contribution in [0, 0.1) is 0 Å². The Balaban J connectivity index is 2.82. The van der Waals surface area contributed by atoms with Gasteiger partial charge in [0.1, 0.15) is 10.8 Å². The Hall–Kier alpha value is -1.39. The van der Waals surface area contributed by atoms with E-state index in [0.29, 0.717) is 23.1 Å². The molecule has 3 N–H and O–H groups in total. The molecule has 0 fully saturated rings. The van der Waals surface area contributed by atoms with Crippen molar-refractivity contribution in [2.24, 2.45) is 5.73 Å². The highest BCUT2D eigenvalue weighted by molar-refractivity contribution is 6.35. The summed E-state index contributed by atoms with van der Waals surface area (Å²) < 4.78 is 10.5. The zero-order valence-electron chi connectivity index (χ0n) is 9.13. The van der Waals surface area contributed by atoms with Gasteiger partial charge in [-0.25, -0.2) is 0 Å². The molecule has 1 aromatic carbocycles. The lowest BCUT2D eigenvalue weighted by atomic mass is 10.1. The third-order valence-electron chi connectivity index (χ3n) is 2.55. The first-order chi connectivity index (χ1) is 7.72. The van der Waals surface area contributed by atoms with E-state index in [1.165, 1.54) is 0 Å². The van der Waals surface area contributed by atoms with Crippen molar-refractivity contribution >= 4 is 22.5 Å². The molecule has 0 aliphatic carbocycles. The lowest BCUT2D eigenvalue weighted by Gasteiger charge is -2.10. The maximum Gasteiger partial charge on any atom is 0.150 e. The number of hydrogen-bond donors (Lipinski definition) is 2. The van der Waals surface area contributed by atoms with E-state index >= 15 is 0 Å². The predicted octanol–water partition coefficient (Wildman–Crippen LogP) is 2.30. The number of methoxy groups -OCH3 is 2. The van der Waals surface area contributed by atoms with Gasteiger partial charge in [0, 0.05) is 24.2 Å². The molecule has 2 rings (SSSR count). The summed E-state index contributed by atoms with van der Waals surface area (Å²) in [5, 5.41) is 1.38. The number of halogens is 1. The third kappa shape index (κ3) is 1.50. The van der Waals surface area contributed by atoms with Crippen molar-refractivity contribution in [3.8, 4) is 11.5 Å². The van der Waals surface area contributed by atoms with Crippen LogP contribution in [0.1, 0.15) is 5.56 Å². The molecule has 0 unspecified atom stereocenters. The molecular formula is C11H13ClN2O2. The lowest BCUT2D eigenvalue weighted by Crippen LogP contribution is -1.96. The zero-order chi connectivity index (χ0) is 11.7. The van der Waals surface area contributed by atoms with Gasteiger partial charge in [-0.2, -0.15) is 0 Å². The number of ether oxygens (including phenoxy) is 2. The topological polar surface area (TPSA) is 60.3 Å². The number of aromatic nitrogens is 1. The molecule has 0 saturated heterocycles. The van der Waals surface area contributed by atoms with E-state index in [0.717, 1.165) is 16.5 Å². The molecule has 4 nitrogen and oxygen atoms in total. The quantitative estimate of drug-likeness (QED) is 0.866. The van der Waals surface area contributed by atoms with Crippen LogP contribution in [0.25, 0.3) is 10.9 Å². The normalized spacial score (nSPS) is 10.8. The number of aromatic amines is 1. The minimum absolute atomic E-state index is 0.430. The van der Waals surface area contributed by atoms with Crippen LogP contribution in [0.3, 0.4) is 0 Å². The first-order valence-corrected chi connectivity index (χ1v) is 5.21. The van der Waals surface area contributed by atoms with Crippen molar-refractivity contribution < 1.29 is 9.47 Å². The Morgan fingerprint density at radius 3 is 2.69 bits per heavy atom. The fraction of sp³-hybridized carbons (Fsp3) is 0.273. The van der Waals surface area contributed by atoms with Crippen LogP contribution in [0.4, 0.5) is 0 Å². The average Bonchev–Trinajstić information content (AvgIpc) is 2.71. The van der Waals surface area contributed by atoms with Gasteiger partial charge in [0.25, 0.3) is 0 Å². The van der Waals surface area contributed by atoms with Gasteiger partial charge in [-0.15, -0.1) is 0 Å². The van der Waals surface area contributed by atoms with Crippen LogP contribution in [0.2, 0.25) is 5.02 Å². The van der Waals surface area contributed by atoms with Crippen molar-refractivity contribution in [3.63, 3.8) is 0 Å². The number of fused-ring (bicyclic) bond motifs is 1. The first-order valence-electron chi connectivity index (χ1n) is 4.83. The SMILES string of the molecule is COc1cc2[nH]cc(CN)c2c(OC)c1Cl. The predicted molar refractivity (Wildman–Crippen MR) is 64.3 cm³/mol. The first kappa shape index (κ1) is 11.1. The monoisotopic (exact) mass is 240 g/mol. The molecule has 1 aromatic heterocycles. The molecule has 0 aliphatic rings. The third-order valence-corrected chi connectivity index (χ3v) is 2.91. The van der Waals surface area contributed by atoms with Gasteiger partial charge in [0.2, 0.25) is 0 Å². The summed E-state index contributed by atoms with van der Waals surface area (Å²) in [5.74, 6) is 1.18. The largest absolute Gasteiger partial charge is 0.495 e. The molecule has 0 spiro atoms. The van der Waals surface area contributed by atoms with Gasteiger partial charge in [0.15, 0.2) is 5.75 Å². The van der Waals surface area contributed by atoms with Gasteiger partial charge in [-0.1, -0.05) is 11.6 Å². The molecule has 0 aliphatic heterocycles. The van der Waals surface area contributed by atoms with Crippen LogP contribution in [-0.4, -0.2) is 19.2 Å². The lowest BCUT2D eigenvalue weighted by molar-refractivity contribution is 0.398. The van der Waals surface area contributed by atoms with E-state index in [9.17, 15) is 0 Å². The molecule has 5 heteroatoms. The van der Waals surface area contributed by atoms with Gasteiger partial charge in [-0.05, 0) is 5.56 Å². The highest BCUT2D eigenvalue weighted by Gasteiger charge is 2.16. The Kier molecular flexibility index (Phi) is 2.94. The second-order valence-electron chi connectivity index (χ2n) is 3.37. The molecule has 1 heterocycles. The van der Waals surface area contributed by atoms with Crippen LogP contribution < -0.4 is 15.2 Å². The van der Waals surface area contributed by atoms with Crippen LogP contribution in [-0.2, 0) is 6.54 Å². The standard InChI is InChI=1S/C11H13ClN2O2/c1-15-8-3-7-9(6(4-13)5-14-7)11(16-2)10(8)12/h3,5,14H,4,13H2,1-2H3. The van der Waals surface area contributed by atoms with E-state index in [1.807, 2.05) is 12.3 Å². The molecule has 86 valence electrons. The van der Waals surface area contributed by atoms with E-state index in [4.69, 9.17) is 26.8 Å². The average molecular weight is 241 g/mol. The highest BCUT2D eigenvalue weighted by atomic mass is 35.5. The maximum absolute atomic E-state index is 6.17. The van der Waals surface area contributed by atoms with Crippen LogP contribution >= 0.6 is 11.6 Å². The summed E-state index contributed by atoms with van der Waals surface area (Å²) in [6, 6.07) is 1.83. The Bertz CT molecular complexity index is 522. The molecule has 2 aromatic rings. The number of benzene rings is 1. The Morgan fingerprint density at radius 2 is 2.12 bits per heavy atom. The molecule has 0 bridgehead atoms. The fourth-order valence-electron chi connectivity index (χ4n) is 1.78. The minimum atomic E-state index is 0.430. The Morgan fingerprint density at radius 1 is 1.38 bits per heavy atom. The summed E-state index contributed by atoms with van der Waals surface area (Å²) in [7, 11) is 3.15. The van der Waals surface area contributed by atoms with Crippen LogP contribution in [0.15, 0.2) is 12.3 Å². The second-order valence-corrected chi connectivity index (χ2v) is 3.74. The van der Waals surface area contributed by atoms with Gasteiger partial charge < -0.3 is 20.2 Å². The summed E-state index contributed by atoms with van der Waals surface area (Å²) in [4.78, 5) is 3.12. The number of hydrogen-bond acceptors (Lipinski definition) is 3. The van der Waals surface area contributed by atoms with Gasteiger partial charge >= 0.3 is 0 Å². The van der Waals surface area contributed by atoms with Crippen molar-refractivity contribution in [3.05, 3.63) is 22.8 Å². The van der Waals surface area contributed by atoms with E-state index < -0.39 is 0 Å². The smallest absolute Gasteiger partial charge is 0.150 e. The van der Waals surface area contributed by atoms with E-state index in [2.05, 4.69) is 4.98 Å². The van der Waals surface area contributed by atoms with E-state index in [-0.39, 0.29) is 0 Å². The number of nitrogens with two attached hydrogens (primary N) is 1. The molecule has 0 amide bonds. The number of nitrogens with one attached hydrogen (secondary N) is 1. The molecule has 0 saturated carbocycles. The summed E-state index contributed by atoms with van der Waals surface area (Å²) in [6.45, 7) is 0.430. The van der Waals surface area contributed by atoms with Crippen molar-refractivity contribution in [1.29, 1.82) is 0 Å². The molecule has 16 heavy (non-hydrogen) atoms. The van der Waals surface area contributed by atoms with Gasteiger partial charge in [0.05, 0.1) is 19.7 Å². The van der Waals surface area contributed by atoms with Crippen molar-refractivity contribution in [1.82, 2.24) is 4.98 Å². The number of rotatable bonds is 3. The summed E-state index contributed by atoms with van der Waals surface area (Å²) in [6.07, 6.45) is 1.85. The Labute approximate surface area is 98.3 Å². The second kappa shape index (κ2) is 4.23. The van der Waals surface area contributed by atoms with Gasteiger partial charge in [-0.3, -0.25) is 0 Å². The fourth-order valence-corrected chi connectivity index (χ4v) is 2.08. The minimum Gasteiger partial charge on any atom is -0.495 e. The van der Waals surface area contributed by atoms with Crippen LogP contribution in [0.5, 0.6) is 11.5 Å². The molecular weight excluding hydrogens is 228 g/mol. The highest BCUT2D eigenvalue weighted by Crippen LogP contribution is 2.41. The van der Waals surface area contributed by atoms with Crippen molar-refractivity contribution in [2.45, 2.75) is 6.54 Å². The molecule has 0 radical (unpaired) electrons.